The number of anilines is 1. The molecule has 1 saturated heterocycles. The van der Waals surface area contributed by atoms with E-state index in [9.17, 15) is 22.8 Å². The van der Waals surface area contributed by atoms with E-state index < -0.39 is 6.36 Å². The molecule has 0 radical (unpaired) electrons. The van der Waals surface area contributed by atoms with Crippen LogP contribution in [0.1, 0.15) is 19.3 Å². The third-order valence-corrected chi connectivity index (χ3v) is 5.01. The maximum absolute atomic E-state index is 12.4. The first-order valence-electron chi connectivity index (χ1n) is 9.61. The molecule has 0 saturated carbocycles. The van der Waals surface area contributed by atoms with Crippen molar-refractivity contribution in [3.05, 3.63) is 36.4 Å². The van der Waals surface area contributed by atoms with Gasteiger partial charge >= 0.3 is 6.36 Å². The van der Waals surface area contributed by atoms with Crippen LogP contribution in [0, 0.1) is 5.92 Å². The van der Waals surface area contributed by atoms with Crippen molar-refractivity contribution in [3.8, 4) is 5.75 Å². The van der Waals surface area contributed by atoms with Crippen LogP contribution in [0.4, 0.5) is 18.9 Å². The summed E-state index contributed by atoms with van der Waals surface area (Å²) in [7, 11) is 0. The van der Waals surface area contributed by atoms with Gasteiger partial charge in [-0.05, 0) is 43.0 Å². The second-order valence-corrected chi connectivity index (χ2v) is 7.25. The van der Waals surface area contributed by atoms with Crippen LogP contribution in [-0.2, 0) is 9.59 Å². The lowest BCUT2D eigenvalue weighted by Crippen LogP contribution is -2.50. The average molecular weight is 411 g/mol. The van der Waals surface area contributed by atoms with E-state index in [4.69, 9.17) is 0 Å². The van der Waals surface area contributed by atoms with Crippen molar-refractivity contribution in [2.75, 3.05) is 38.0 Å². The summed E-state index contributed by atoms with van der Waals surface area (Å²) in [6.07, 6.45) is 2.10. The molecule has 0 spiro atoms. The Morgan fingerprint density at radius 1 is 1.10 bits per heavy atom. The number of carbonyl (C=O) groups is 2. The maximum Gasteiger partial charge on any atom is 0.573 e. The third-order valence-electron chi connectivity index (χ3n) is 5.01. The van der Waals surface area contributed by atoms with E-state index >= 15 is 0 Å². The summed E-state index contributed by atoms with van der Waals surface area (Å²) in [5.41, 5.74) is 0.392. The van der Waals surface area contributed by atoms with Gasteiger partial charge in [-0.25, -0.2) is 0 Å². The molecule has 2 aliphatic rings. The summed E-state index contributed by atoms with van der Waals surface area (Å²) in [4.78, 5) is 28.3. The quantitative estimate of drug-likeness (QED) is 0.731. The molecular weight excluding hydrogens is 387 g/mol. The standard InChI is InChI=1S/C20H24F3N3O3/c21-20(22,23)29-17-7-5-16(6-8-17)24-18(27)14-25-9-11-26(12-10-25)19(28)13-15-3-1-2-4-15/h1,3,5-8,15H,2,4,9-14H2,(H,24,27)/t15-/m1/s1. The highest BCUT2D eigenvalue weighted by atomic mass is 19.4. The molecule has 2 amide bonds. The summed E-state index contributed by atoms with van der Waals surface area (Å²) >= 11 is 0. The van der Waals surface area contributed by atoms with E-state index in [1.54, 1.807) is 0 Å². The van der Waals surface area contributed by atoms with Gasteiger partial charge in [0.1, 0.15) is 5.75 Å². The fourth-order valence-corrected chi connectivity index (χ4v) is 3.52. The Kier molecular flexibility index (Phi) is 6.79. The smallest absolute Gasteiger partial charge is 0.406 e. The minimum absolute atomic E-state index is 0.159. The van der Waals surface area contributed by atoms with Crippen LogP contribution in [0.5, 0.6) is 5.75 Å². The zero-order valence-corrected chi connectivity index (χ0v) is 16.0. The molecule has 0 bridgehead atoms. The molecule has 1 aromatic carbocycles. The van der Waals surface area contributed by atoms with Crippen LogP contribution >= 0.6 is 0 Å². The Morgan fingerprint density at radius 3 is 2.38 bits per heavy atom. The van der Waals surface area contributed by atoms with Crippen molar-refractivity contribution in [1.29, 1.82) is 0 Å². The van der Waals surface area contributed by atoms with Gasteiger partial charge in [0.15, 0.2) is 0 Å². The van der Waals surface area contributed by atoms with Gasteiger partial charge in [-0.15, -0.1) is 13.2 Å². The van der Waals surface area contributed by atoms with Crippen molar-refractivity contribution in [3.63, 3.8) is 0 Å². The van der Waals surface area contributed by atoms with Crippen LogP contribution in [-0.4, -0.2) is 60.7 Å². The molecule has 29 heavy (non-hydrogen) atoms. The number of alkyl halides is 3. The predicted octanol–water partition coefficient (Wildman–Crippen LogP) is 3.02. The lowest BCUT2D eigenvalue weighted by molar-refractivity contribution is -0.274. The summed E-state index contributed by atoms with van der Waals surface area (Å²) < 4.78 is 40.3. The number of nitrogens with zero attached hydrogens (tertiary/aromatic N) is 2. The summed E-state index contributed by atoms with van der Waals surface area (Å²) in [5, 5.41) is 2.66. The van der Waals surface area contributed by atoms with Gasteiger partial charge in [-0.1, -0.05) is 12.2 Å². The van der Waals surface area contributed by atoms with E-state index in [1.807, 2.05) is 9.80 Å². The highest BCUT2D eigenvalue weighted by Crippen LogP contribution is 2.24. The van der Waals surface area contributed by atoms with E-state index in [0.717, 1.165) is 25.0 Å². The lowest BCUT2D eigenvalue weighted by Gasteiger charge is -2.34. The summed E-state index contributed by atoms with van der Waals surface area (Å²) in [5.74, 6) is -0.0965. The lowest BCUT2D eigenvalue weighted by atomic mass is 10.0. The molecule has 9 heteroatoms. The number of ether oxygens (including phenoxy) is 1. The second kappa shape index (κ2) is 9.30. The zero-order valence-electron chi connectivity index (χ0n) is 16.0. The fraction of sp³-hybridized carbons (Fsp3) is 0.500. The molecule has 1 N–H and O–H groups in total. The van der Waals surface area contributed by atoms with Crippen LogP contribution in [0.2, 0.25) is 0 Å². The van der Waals surface area contributed by atoms with Gasteiger partial charge in [0.25, 0.3) is 0 Å². The maximum atomic E-state index is 12.4. The average Bonchev–Trinajstić information content (AvgIpc) is 3.15. The number of amides is 2. The van der Waals surface area contributed by atoms with Gasteiger partial charge in [-0.3, -0.25) is 14.5 Å². The van der Waals surface area contributed by atoms with Gasteiger partial charge < -0.3 is 15.0 Å². The molecule has 0 unspecified atom stereocenters. The minimum Gasteiger partial charge on any atom is -0.406 e. The topological polar surface area (TPSA) is 61.9 Å². The largest absolute Gasteiger partial charge is 0.573 e. The Balaban J connectivity index is 1.39. The summed E-state index contributed by atoms with van der Waals surface area (Å²) in [6, 6.07) is 5.00. The molecule has 0 aromatic heterocycles. The van der Waals surface area contributed by atoms with Crippen molar-refractivity contribution in [2.24, 2.45) is 5.92 Å². The van der Waals surface area contributed by atoms with Gasteiger partial charge in [0.2, 0.25) is 11.8 Å². The van der Waals surface area contributed by atoms with Crippen molar-refractivity contribution < 1.29 is 27.5 Å². The van der Waals surface area contributed by atoms with Crippen LogP contribution in [0.15, 0.2) is 36.4 Å². The number of rotatable bonds is 6. The molecule has 1 fully saturated rings. The minimum atomic E-state index is -4.75. The molecule has 1 aliphatic carbocycles. The predicted molar refractivity (Wildman–Crippen MR) is 101 cm³/mol. The van der Waals surface area contributed by atoms with Gasteiger partial charge in [0, 0.05) is 38.3 Å². The molecule has 6 nitrogen and oxygen atoms in total. The first kappa shape index (κ1) is 21.2. The van der Waals surface area contributed by atoms with E-state index in [-0.39, 0.29) is 24.1 Å². The van der Waals surface area contributed by atoms with Crippen molar-refractivity contribution >= 4 is 17.5 Å². The number of hydrogen-bond acceptors (Lipinski definition) is 4. The Bertz CT molecular complexity index is 742. The molecule has 1 atom stereocenters. The first-order valence-corrected chi connectivity index (χ1v) is 9.61. The van der Waals surface area contributed by atoms with E-state index in [0.29, 0.717) is 44.2 Å². The molecule has 1 aromatic rings. The van der Waals surface area contributed by atoms with Crippen molar-refractivity contribution in [1.82, 2.24) is 9.80 Å². The number of hydrogen-bond donors (Lipinski definition) is 1. The molecular formula is C20H24F3N3O3. The molecule has 1 heterocycles. The number of carbonyl (C=O) groups excluding carboxylic acids is 2. The number of nitrogens with one attached hydrogen (secondary N) is 1. The van der Waals surface area contributed by atoms with E-state index in [2.05, 4.69) is 22.2 Å². The van der Waals surface area contributed by atoms with Crippen LogP contribution in [0.25, 0.3) is 0 Å². The number of benzene rings is 1. The van der Waals surface area contributed by atoms with Crippen LogP contribution < -0.4 is 10.1 Å². The van der Waals surface area contributed by atoms with Gasteiger partial charge in [-0.2, -0.15) is 0 Å². The highest BCUT2D eigenvalue weighted by molar-refractivity contribution is 5.92. The van der Waals surface area contributed by atoms with Crippen molar-refractivity contribution in [2.45, 2.75) is 25.6 Å². The highest BCUT2D eigenvalue weighted by Gasteiger charge is 2.31. The molecule has 1 aliphatic heterocycles. The Labute approximate surface area is 167 Å². The van der Waals surface area contributed by atoms with Crippen LogP contribution in [0.3, 0.4) is 0 Å². The fourth-order valence-electron chi connectivity index (χ4n) is 3.52. The Hall–Kier alpha value is -2.55. The summed E-state index contributed by atoms with van der Waals surface area (Å²) in [6.45, 7) is 2.56. The zero-order chi connectivity index (χ0) is 20.9. The second-order valence-electron chi connectivity index (χ2n) is 7.25. The molecule has 3 rings (SSSR count). The third kappa shape index (κ3) is 6.77. The SMILES string of the molecule is O=C(CN1CCN(C(=O)C[C@@H]2C=CCC2)CC1)Nc1ccc(OC(F)(F)F)cc1. The number of piperazine rings is 1. The number of halogens is 3. The normalized spacial score (nSPS) is 20.0. The monoisotopic (exact) mass is 411 g/mol. The van der Waals surface area contributed by atoms with Gasteiger partial charge in [0.05, 0.1) is 6.54 Å². The van der Waals surface area contributed by atoms with E-state index in [1.165, 1.54) is 12.1 Å². The number of allylic oxidation sites excluding steroid dienone is 2. The molecule has 158 valence electrons. The Morgan fingerprint density at radius 2 is 1.79 bits per heavy atom. The first-order chi connectivity index (χ1) is 13.8.